The molecule has 0 amide bonds. The third-order valence-electron chi connectivity index (χ3n) is 3.16. The van der Waals surface area contributed by atoms with Crippen LogP contribution >= 0.6 is 0 Å². The van der Waals surface area contributed by atoms with E-state index >= 15 is 0 Å². The number of hydrogen-bond acceptors (Lipinski definition) is 5. The Hall–Kier alpha value is -2.89. The predicted octanol–water partition coefficient (Wildman–Crippen LogP) is 2.22. The van der Waals surface area contributed by atoms with E-state index in [1.165, 1.54) is 20.4 Å². The van der Waals surface area contributed by atoms with E-state index in [2.05, 4.69) is 10.1 Å². The largest absolute Gasteiger partial charge is 0.495 e. The molecule has 0 saturated heterocycles. The molecule has 106 valence electrons. The number of nitrogens with zero attached hydrogens (tertiary/aromatic N) is 3. The number of ether oxygens (including phenoxy) is 2. The van der Waals surface area contributed by atoms with Gasteiger partial charge in [0.2, 0.25) is 0 Å². The first-order valence-corrected chi connectivity index (χ1v) is 6.30. The minimum Gasteiger partial charge on any atom is -0.495 e. The van der Waals surface area contributed by atoms with E-state index in [1.807, 2.05) is 30.3 Å². The summed E-state index contributed by atoms with van der Waals surface area (Å²) in [4.78, 5) is 16.1. The number of esters is 1. The van der Waals surface area contributed by atoms with Crippen molar-refractivity contribution in [3.8, 4) is 11.4 Å². The Bertz CT molecular complexity index is 797. The van der Waals surface area contributed by atoms with E-state index in [0.29, 0.717) is 16.8 Å². The number of benzene rings is 1. The zero-order chi connectivity index (χ0) is 14.8. The van der Waals surface area contributed by atoms with Crippen LogP contribution in [0.3, 0.4) is 0 Å². The zero-order valence-electron chi connectivity index (χ0n) is 11.6. The summed E-state index contributed by atoms with van der Waals surface area (Å²) in [7, 11) is 2.82. The SMILES string of the molecule is COC(=O)c1cnc2c(cnn2-c2ccccc2)c1OC. The second-order valence-corrected chi connectivity index (χ2v) is 4.33. The van der Waals surface area contributed by atoms with Gasteiger partial charge in [0.15, 0.2) is 5.65 Å². The number of pyridine rings is 1. The number of carbonyl (C=O) groups excluding carboxylic acids is 1. The maximum Gasteiger partial charge on any atom is 0.343 e. The lowest BCUT2D eigenvalue weighted by molar-refractivity contribution is 0.0597. The average Bonchev–Trinajstić information content (AvgIpc) is 2.98. The first-order valence-electron chi connectivity index (χ1n) is 6.30. The molecule has 2 heterocycles. The molecule has 3 aromatic rings. The molecule has 0 bridgehead atoms. The van der Waals surface area contributed by atoms with Crippen LogP contribution in [0.4, 0.5) is 0 Å². The first-order chi connectivity index (χ1) is 10.3. The van der Waals surface area contributed by atoms with Gasteiger partial charge in [-0.3, -0.25) is 0 Å². The summed E-state index contributed by atoms with van der Waals surface area (Å²) in [5.74, 6) is -0.0808. The van der Waals surface area contributed by atoms with E-state index in [-0.39, 0.29) is 5.56 Å². The summed E-state index contributed by atoms with van der Waals surface area (Å²) in [5.41, 5.74) is 1.78. The van der Waals surface area contributed by atoms with Crippen molar-refractivity contribution in [2.45, 2.75) is 0 Å². The maximum atomic E-state index is 11.7. The van der Waals surface area contributed by atoms with Crippen LogP contribution in [0.5, 0.6) is 5.75 Å². The molecule has 6 nitrogen and oxygen atoms in total. The van der Waals surface area contributed by atoms with Crippen molar-refractivity contribution in [3.05, 3.63) is 48.3 Å². The van der Waals surface area contributed by atoms with E-state index < -0.39 is 5.97 Å². The molecule has 0 spiro atoms. The van der Waals surface area contributed by atoms with Crippen molar-refractivity contribution < 1.29 is 14.3 Å². The summed E-state index contributed by atoms with van der Waals surface area (Å²) < 4.78 is 11.8. The fraction of sp³-hybridized carbons (Fsp3) is 0.133. The monoisotopic (exact) mass is 283 g/mol. The van der Waals surface area contributed by atoms with Gasteiger partial charge in [0, 0.05) is 6.20 Å². The van der Waals surface area contributed by atoms with Gasteiger partial charge in [-0.05, 0) is 12.1 Å². The molecule has 0 aliphatic heterocycles. The number of aromatic nitrogens is 3. The molecule has 0 aliphatic carbocycles. The second-order valence-electron chi connectivity index (χ2n) is 4.33. The van der Waals surface area contributed by atoms with Gasteiger partial charge in [-0.15, -0.1) is 0 Å². The molecule has 1 aromatic carbocycles. The lowest BCUT2D eigenvalue weighted by Gasteiger charge is -2.08. The van der Waals surface area contributed by atoms with Crippen LogP contribution in [0.2, 0.25) is 0 Å². The molecular weight excluding hydrogens is 270 g/mol. The number of methoxy groups -OCH3 is 2. The lowest BCUT2D eigenvalue weighted by atomic mass is 10.2. The lowest BCUT2D eigenvalue weighted by Crippen LogP contribution is -2.06. The minimum absolute atomic E-state index is 0.278. The Balaban J connectivity index is 2.23. The highest BCUT2D eigenvalue weighted by molar-refractivity contribution is 5.99. The molecule has 21 heavy (non-hydrogen) atoms. The van der Waals surface area contributed by atoms with Gasteiger partial charge in [-0.25, -0.2) is 14.5 Å². The molecule has 0 fully saturated rings. The third-order valence-corrected chi connectivity index (χ3v) is 3.16. The molecule has 0 atom stereocenters. The molecule has 0 saturated carbocycles. The van der Waals surface area contributed by atoms with Gasteiger partial charge in [0.1, 0.15) is 11.3 Å². The molecule has 2 aromatic heterocycles. The van der Waals surface area contributed by atoms with Crippen molar-refractivity contribution in [1.82, 2.24) is 14.8 Å². The fourth-order valence-corrected chi connectivity index (χ4v) is 2.19. The van der Waals surface area contributed by atoms with Gasteiger partial charge < -0.3 is 9.47 Å². The molecule has 0 N–H and O–H groups in total. The maximum absolute atomic E-state index is 11.7. The topological polar surface area (TPSA) is 66.2 Å². The quantitative estimate of drug-likeness (QED) is 0.689. The Kier molecular flexibility index (Phi) is 3.27. The highest BCUT2D eigenvalue weighted by Gasteiger charge is 2.19. The van der Waals surface area contributed by atoms with Crippen molar-refractivity contribution in [3.63, 3.8) is 0 Å². The number of fused-ring (bicyclic) bond motifs is 1. The van der Waals surface area contributed by atoms with E-state index in [1.54, 1.807) is 10.9 Å². The molecule has 3 rings (SSSR count). The summed E-state index contributed by atoms with van der Waals surface area (Å²) >= 11 is 0. The van der Waals surface area contributed by atoms with Crippen molar-refractivity contribution in [1.29, 1.82) is 0 Å². The normalized spacial score (nSPS) is 10.6. The smallest absolute Gasteiger partial charge is 0.343 e. The Labute approximate surface area is 120 Å². The standard InChI is InChI=1S/C15H13N3O3/c1-20-13-11-9-17-18(10-6-4-3-5-7-10)14(11)16-8-12(13)15(19)21-2/h3-9H,1-2H3. The summed E-state index contributed by atoms with van der Waals surface area (Å²) in [6, 6.07) is 9.62. The van der Waals surface area contributed by atoms with Gasteiger partial charge in [-0.1, -0.05) is 18.2 Å². The second kappa shape index (κ2) is 5.24. The van der Waals surface area contributed by atoms with Gasteiger partial charge in [-0.2, -0.15) is 5.10 Å². The Morgan fingerprint density at radius 1 is 1.14 bits per heavy atom. The van der Waals surface area contributed by atoms with Crippen molar-refractivity contribution >= 4 is 17.0 Å². The fourth-order valence-electron chi connectivity index (χ4n) is 2.19. The van der Waals surface area contributed by atoms with Crippen molar-refractivity contribution in [2.24, 2.45) is 0 Å². The number of para-hydroxylation sites is 1. The molecule has 0 unspecified atom stereocenters. The summed E-state index contributed by atoms with van der Waals surface area (Å²) in [5, 5.41) is 4.98. The van der Waals surface area contributed by atoms with Crippen LogP contribution in [0.25, 0.3) is 16.7 Å². The van der Waals surface area contributed by atoms with Gasteiger partial charge in [0.05, 0.1) is 31.5 Å². The molecule has 0 aliphatic rings. The number of rotatable bonds is 3. The van der Waals surface area contributed by atoms with E-state index in [0.717, 1.165) is 5.69 Å². The number of carbonyl (C=O) groups is 1. The number of hydrogen-bond donors (Lipinski definition) is 0. The third kappa shape index (κ3) is 2.10. The van der Waals surface area contributed by atoms with Crippen LogP contribution in [0.15, 0.2) is 42.7 Å². The highest BCUT2D eigenvalue weighted by atomic mass is 16.5. The summed E-state index contributed by atoms with van der Waals surface area (Å²) in [6.45, 7) is 0. The minimum atomic E-state index is -0.492. The Morgan fingerprint density at radius 2 is 1.90 bits per heavy atom. The summed E-state index contributed by atoms with van der Waals surface area (Å²) in [6.07, 6.45) is 3.06. The predicted molar refractivity (Wildman–Crippen MR) is 76.8 cm³/mol. The van der Waals surface area contributed by atoms with Crippen molar-refractivity contribution in [2.75, 3.05) is 14.2 Å². The first kappa shape index (κ1) is 13.1. The van der Waals surface area contributed by atoms with Crippen LogP contribution in [0, 0.1) is 0 Å². The molecule has 0 radical (unpaired) electrons. The molecule has 6 heteroatoms. The van der Waals surface area contributed by atoms with Crippen LogP contribution in [-0.2, 0) is 4.74 Å². The Morgan fingerprint density at radius 3 is 2.57 bits per heavy atom. The molecular formula is C15H13N3O3. The van der Waals surface area contributed by atoms with Crippen LogP contribution in [-0.4, -0.2) is 35.0 Å². The van der Waals surface area contributed by atoms with Crippen LogP contribution in [0.1, 0.15) is 10.4 Å². The van der Waals surface area contributed by atoms with E-state index in [9.17, 15) is 4.79 Å². The van der Waals surface area contributed by atoms with Gasteiger partial charge >= 0.3 is 5.97 Å². The highest BCUT2D eigenvalue weighted by Crippen LogP contribution is 2.29. The van der Waals surface area contributed by atoms with Crippen LogP contribution < -0.4 is 4.74 Å². The van der Waals surface area contributed by atoms with E-state index in [4.69, 9.17) is 9.47 Å². The average molecular weight is 283 g/mol. The van der Waals surface area contributed by atoms with Gasteiger partial charge in [0.25, 0.3) is 0 Å². The zero-order valence-corrected chi connectivity index (χ0v) is 11.6.